The maximum absolute atomic E-state index is 12.9. The second-order valence-corrected chi connectivity index (χ2v) is 6.85. The van der Waals surface area contributed by atoms with Crippen molar-refractivity contribution in [1.29, 1.82) is 0 Å². The lowest BCUT2D eigenvalue weighted by atomic mass is 10.1. The van der Waals surface area contributed by atoms with Crippen LogP contribution in [-0.2, 0) is 0 Å². The van der Waals surface area contributed by atoms with E-state index in [1.54, 1.807) is 6.20 Å². The van der Waals surface area contributed by atoms with E-state index in [1.807, 2.05) is 48.5 Å². The molecular weight excluding hydrogens is 366 g/mol. The molecule has 1 aromatic heterocycles. The number of nitrogens with two attached hydrogens (primary N) is 1. The van der Waals surface area contributed by atoms with Crippen LogP contribution in [0.5, 0.6) is 5.75 Å². The van der Waals surface area contributed by atoms with Crippen molar-refractivity contribution in [3.05, 3.63) is 60.4 Å². The fourth-order valence-corrected chi connectivity index (χ4v) is 3.19. The van der Waals surface area contributed by atoms with Crippen molar-refractivity contribution in [1.82, 2.24) is 9.97 Å². The number of nitrogens with zero attached hydrogens (tertiary/aromatic N) is 2. The van der Waals surface area contributed by atoms with E-state index >= 15 is 0 Å². The van der Waals surface area contributed by atoms with E-state index in [9.17, 15) is 4.79 Å². The van der Waals surface area contributed by atoms with Crippen LogP contribution in [0.15, 0.2) is 54.7 Å². The van der Waals surface area contributed by atoms with Crippen LogP contribution in [0.1, 0.15) is 29.8 Å². The molecule has 0 spiro atoms. The van der Waals surface area contributed by atoms with Gasteiger partial charge in [0.15, 0.2) is 11.5 Å². The summed E-state index contributed by atoms with van der Waals surface area (Å²) in [5.41, 5.74) is 8.95. The number of rotatable bonds is 0. The second kappa shape index (κ2) is 8.60. The molecule has 0 unspecified atom stereocenters. The smallest absolute Gasteiger partial charge is 0.278 e. The Labute approximate surface area is 169 Å². The molecule has 7 heteroatoms. The first-order valence-electron chi connectivity index (χ1n) is 9.71. The predicted octanol–water partition coefficient (Wildman–Crippen LogP) is 3.95. The number of hydrogen-bond acceptors (Lipinski definition) is 6. The molecule has 1 aliphatic heterocycles. The van der Waals surface area contributed by atoms with Crippen molar-refractivity contribution in [3.8, 4) is 17.0 Å². The molecule has 4 N–H and O–H groups in total. The van der Waals surface area contributed by atoms with Gasteiger partial charge in [-0.2, -0.15) is 0 Å². The third kappa shape index (κ3) is 4.45. The number of nitrogen functional groups attached to an aromatic ring is 1. The molecule has 0 atom stereocenters. The minimum atomic E-state index is -0.400. The van der Waals surface area contributed by atoms with Gasteiger partial charge in [0.05, 0.1) is 29.9 Å². The maximum atomic E-state index is 12.9. The van der Waals surface area contributed by atoms with Gasteiger partial charge in [-0.15, -0.1) is 0 Å². The van der Waals surface area contributed by atoms with Crippen LogP contribution in [0, 0.1) is 0 Å². The van der Waals surface area contributed by atoms with E-state index in [2.05, 4.69) is 20.6 Å². The maximum Gasteiger partial charge on any atom is 0.278 e. The monoisotopic (exact) mass is 389 g/mol. The Kier molecular flexibility index (Phi) is 5.56. The summed E-state index contributed by atoms with van der Waals surface area (Å²) in [5.74, 6) is 0.451. The van der Waals surface area contributed by atoms with Crippen LogP contribution >= 0.6 is 0 Å². The minimum Gasteiger partial charge on any atom is -0.494 e. The van der Waals surface area contributed by atoms with Gasteiger partial charge in [0.2, 0.25) is 0 Å². The minimum absolute atomic E-state index is 0.0852. The lowest BCUT2D eigenvalue weighted by Gasteiger charge is -2.13. The van der Waals surface area contributed by atoms with Gasteiger partial charge in [-0.25, -0.2) is 9.97 Å². The van der Waals surface area contributed by atoms with E-state index in [0.717, 1.165) is 42.8 Å². The number of ether oxygens (including phenoxy) is 1. The Balaban J connectivity index is 1.72. The van der Waals surface area contributed by atoms with E-state index in [0.29, 0.717) is 18.0 Å². The molecule has 148 valence electrons. The first-order valence-corrected chi connectivity index (χ1v) is 9.71. The van der Waals surface area contributed by atoms with Gasteiger partial charge >= 0.3 is 0 Å². The molecule has 1 aliphatic rings. The second-order valence-electron chi connectivity index (χ2n) is 6.85. The van der Waals surface area contributed by atoms with Crippen LogP contribution in [0.25, 0.3) is 11.3 Å². The highest BCUT2D eigenvalue weighted by atomic mass is 16.5. The van der Waals surface area contributed by atoms with Crippen molar-refractivity contribution in [2.45, 2.75) is 19.3 Å². The quantitative estimate of drug-likeness (QED) is 0.538. The summed E-state index contributed by atoms with van der Waals surface area (Å²) >= 11 is 0. The van der Waals surface area contributed by atoms with Crippen molar-refractivity contribution in [2.75, 3.05) is 29.5 Å². The van der Waals surface area contributed by atoms with E-state index in [1.165, 1.54) is 0 Å². The van der Waals surface area contributed by atoms with Gasteiger partial charge in [0.1, 0.15) is 5.75 Å². The summed E-state index contributed by atoms with van der Waals surface area (Å²) < 4.78 is 5.87. The zero-order chi connectivity index (χ0) is 20.1. The first kappa shape index (κ1) is 18.7. The average Bonchev–Trinajstić information content (AvgIpc) is 2.74. The number of nitrogens with one attached hydrogen (secondary N) is 2. The lowest BCUT2D eigenvalue weighted by Crippen LogP contribution is -2.18. The van der Waals surface area contributed by atoms with Gasteiger partial charge in [0, 0.05) is 12.1 Å². The molecule has 0 saturated heterocycles. The Morgan fingerprint density at radius 3 is 2.76 bits per heavy atom. The lowest BCUT2D eigenvalue weighted by molar-refractivity contribution is 0.102. The van der Waals surface area contributed by atoms with E-state index < -0.39 is 5.91 Å². The summed E-state index contributed by atoms with van der Waals surface area (Å²) in [6, 6.07) is 15.2. The highest BCUT2D eigenvalue weighted by Gasteiger charge is 2.16. The highest BCUT2D eigenvalue weighted by molar-refractivity contribution is 6.07. The van der Waals surface area contributed by atoms with Crippen molar-refractivity contribution < 1.29 is 9.53 Å². The number of benzene rings is 2. The van der Waals surface area contributed by atoms with Gasteiger partial charge in [-0.3, -0.25) is 4.79 Å². The van der Waals surface area contributed by atoms with Crippen LogP contribution in [0.4, 0.5) is 17.2 Å². The van der Waals surface area contributed by atoms with Crippen LogP contribution in [-0.4, -0.2) is 29.0 Å². The molecule has 0 aliphatic carbocycles. The molecule has 4 rings (SSSR count). The third-order valence-corrected chi connectivity index (χ3v) is 4.73. The van der Waals surface area contributed by atoms with Gasteiger partial charge < -0.3 is 21.1 Å². The Hall–Kier alpha value is -3.61. The fraction of sp³-hybridized carbons (Fsp3) is 0.227. The van der Waals surface area contributed by atoms with Crippen LogP contribution in [0.2, 0.25) is 0 Å². The topological polar surface area (TPSA) is 102 Å². The molecule has 2 heterocycles. The summed E-state index contributed by atoms with van der Waals surface area (Å²) in [6.07, 6.45) is 4.58. The molecule has 1 amide bonds. The van der Waals surface area contributed by atoms with Crippen molar-refractivity contribution >= 4 is 23.1 Å². The molecule has 0 fully saturated rings. The van der Waals surface area contributed by atoms with Crippen LogP contribution < -0.4 is 21.1 Å². The van der Waals surface area contributed by atoms with Gasteiger partial charge in [-0.05, 0) is 43.5 Å². The molecular formula is C22H23N5O2. The number of amides is 1. The summed E-state index contributed by atoms with van der Waals surface area (Å²) in [6.45, 7) is 1.46. The third-order valence-electron chi connectivity index (χ3n) is 4.73. The number of carbonyl (C=O) groups is 1. The largest absolute Gasteiger partial charge is 0.494 e. The van der Waals surface area contributed by atoms with Crippen molar-refractivity contribution in [2.24, 2.45) is 0 Å². The molecule has 29 heavy (non-hydrogen) atoms. The molecule has 4 bridgehead atoms. The van der Waals surface area contributed by atoms with Gasteiger partial charge in [0.25, 0.3) is 5.91 Å². The SMILES string of the molecule is Nc1ncc2nc1C(=O)Nc1ccccc1NCCCCCOc1cccc-2c1. The zero-order valence-corrected chi connectivity index (χ0v) is 16.0. The van der Waals surface area contributed by atoms with Crippen molar-refractivity contribution in [3.63, 3.8) is 0 Å². The van der Waals surface area contributed by atoms with E-state index in [4.69, 9.17) is 10.5 Å². The Morgan fingerprint density at radius 1 is 1.00 bits per heavy atom. The predicted molar refractivity (Wildman–Crippen MR) is 114 cm³/mol. The molecule has 0 radical (unpaired) electrons. The number of para-hydroxylation sites is 2. The van der Waals surface area contributed by atoms with Crippen LogP contribution in [0.3, 0.4) is 0 Å². The highest BCUT2D eigenvalue weighted by Crippen LogP contribution is 2.25. The number of aromatic nitrogens is 2. The van der Waals surface area contributed by atoms with E-state index in [-0.39, 0.29) is 11.5 Å². The normalized spacial score (nSPS) is 14.6. The molecule has 3 aromatic rings. The van der Waals surface area contributed by atoms with Gasteiger partial charge in [-0.1, -0.05) is 24.3 Å². The standard InChI is InChI=1S/C22H23N5O2/c23-21-20-22(28)27-18-10-3-2-9-17(18)24-11-4-1-5-12-29-16-8-6-7-15(13-16)19(26-20)14-25-21/h2-3,6-10,13-14,24H,1,4-5,11-12H2,(H2,23,25)(H,27,28). The average molecular weight is 389 g/mol. The summed E-state index contributed by atoms with van der Waals surface area (Å²) in [4.78, 5) is 21.5. The molecule has 2 aromatic carbocycles. The number of fused-ring (bicyclic) bond motifs is 6. The number of hydrogen-bond donors (Lipinski definition) is 3. The molecule has 0 saturated carbocycles. The summed E-state index contributed by atoms with van der Waals surface area (Å²) in [7, 11) is 0. The first-order chi connectivity index (χ1) is 14.2. The zero-order valence-electron chi connectivity index (χ0n) is 16.0. The fourth-order valence-electron chi connectivity index (χ4n) is 3.19. The Bertz CT molecular complexity index is 1020. The Morgan fingerprint density at radius 2 is 1.86 bits per heavy atom. The number of anilines is 3. The number of carbonyl (C=O) groups excluding carboxylic acids is 1. The summed E-state index contributed by atoms with van der Waals surface area (Å²) in [5, 5.41) is 6.28. The molecule has 7 nitrogen and oxygen atoms in total.